The first kappa shape index (κ1) is 28.3. The van der Waals surface area contributed by atoms with Gasteiger partial charge in [-0.05, 0) is 92.3 Å². The number of hydrogen-bond acceptors (Lipinski definition) is 6. The van der Waals surface area contributed by atoms with Crippen LogP contribution in [0.2, 0.25) is 0 Å². The van der Waals surface area contributed by atoms with E-state index in [-0.39, 0.29) is 17.1 Å². The first-order chi connectivity index (χ1) is 20.2. The summed E-state index contributed by atoms with van der Waals surface area (Å²) in [5, 5.41) is 2.96. The fraction of sp³-hybridized carbons (Fsp3) is 0.429. The molecule has 42 heavy (non-hydrogen) atoms. The van der Waals surface area contributed by atoms with Gasteiger partial charge in [0.1, 0.15) is 11.5 Å². The van der Waals surface area contributed by atoms with Gasteiger partial charge in [0, 0.05) is 54.7 Å². The molecular weight excluding hydrogens is 526 g/mol. The van der Waals surface area contributed by atoms with Gasteiger partial charge in [-0.15, -0.1) is 0 Å². The number of hydrogen-bond donors (Lipinski definition) is 1. The van der Waals surface area contributed by atoms with Crippen LogP contribution >= 0.6 is 0 Å². The van der Waals surface area contributed by atoms with Crippen molar-refractivity contribution < 1.29 is 18.8 Å². The molecule has 3 heterocycles. The number of fused-ring (bicyclic) bond motifs is 5. The Balaban J connectivity index is 1.08. The van der Waals surface area contributed by atoms with Gasteiger partial charge in [0.05, 0.1) is 5.56 Å². The second-order valence-corrected chi connectivity index (χ2v) is 12.7. The highest BCUT2D eigenvalue weighted by Crippen LogP contribution is 2.46. The normalized spacial score (nSPS) is 18.5. The monoisotopic (exact) mass is 565 g/mol. The number of furan rings is 1. The Morgan fingerprint density at radius 3 is 2.69 bits per heavy atom. The maximum Gasteiger partial charge on any atom is 0.244 e. The minimum absolute atomic E-state index is 0.00571. The third-order valence-electron chi connectivity index (χ3n) is 9.44. The fourth-order valence-electron chi connectivity index (χ4n) is 7.00. The maximum atomic E-state index is 13.5. The second kappa shape index (κ2) is 11.4. The summed E-state index contributed by atoms with van der Waals surface area (Å²) in [6.07, 6.45) is 12.4. The van der Waals surface area contributed by atoms with Gasteiger partial charge in [0.2, 0.25) is 17.5 Å². The number of amides is 1. The summed E-state index contributed by atoms with van der Waals surface area (Å²) in [5.41, 5.74) is 5.75. The molecule has 1 aliphatic heterocycles. The molecule has 0 unspecified atom stereocenters. The Morgan fingerprint density at radius 1 is 1.14 bits per heavy atom. The number of aromatic nitrogens is 1. The van der Waals surface area contributed by atoms with Crippen molar-refractivity contribution in [3.8, 4) is 11.3 Å². The molecule has 7 heteroatoms. The smallest absolute Gasteiger partial charge is 0.244 e. The Labute approximate surface area is 247 Å². The van der Waals surface area contributed by atoms with E-state index in [4.69, 9.17) is 4.42 Å². The molecule has 1 aromatic carbocycles. The fourth-order valence-corrected chi connectivity index (χ4v) is 7.00. The summed E-state index contributed by atoms with van der Waals surface area (Å²) in [7, 11) is 0. The van der Waals surface area contributed by atoms with Crippen LogP contribution in [0.4, 0.5) is 0 Å². The topological polar surface area (TPSA) is 92.5 Å². The zero-order chi connectivity index (χ0) is 29.4. The van der Waals surface area contributed by atoms with Crippen LogP contribution in [0.1, 0.15) is 88.3 Å². The molecule has 1 fully saturated rings. The first-order valence-electron chi connectivity index (χ1n) is 15.2. The standard InChI is InChI=1S/C35H39N3O4/c1-22-28(20-23-12-17-38(18-13-23)19-16-37-29(39)11-8-24-6-5-15-36-21-24)42-34-26-9-10-27-25(7-4-14-35(27,2)3)31(26)33(41)32(40)30(22)34/h5-6,8-11,15,21,23H,4,7,12-14,16-20H2,1-3H3,(H,37,39)/b11-8+. The molecule has 0 radical (unpaired) electrons. The van der Waals surface area contributed by atoms with Gasteiger partial charge in [0.15, 0.2) is 0 Å². The molecule has 2 aliphatic carbocycles. The highest BCUT2D eigenvalue weighted by Gasteiger charge is 2.40. The van der Waals surface area contributed by atoms with Gasteiger partial charge in [-0.1, -0.05) is 32.0 Å². The van der Waals surface area contributed by atoms with Crippen molar-refractivity contribution in [3.63, 3.8) is 0 Å². The number of rotatable bonds is 7. The van der Waals surface area contributed by atoms with Crippen LogP contribution in [-0.2, 0) is 23.1 Å². The molecule has 0 spiro atoms. The molecule has 3 aromatic rings. The number of Topliss-reactive ketones (excluding diaryl/α,β-unsaturated/α-hetero) is 2. The summed E-state index contributed by atoms with van der Waals surface area (Å²) in [6.45, 7) is 9.68. The van der Waals surface area contributed by atoms with Crippen LogP contribution in [-0.4, -0.2) is 53.5 Å². The number of ketones is 2. The van der Waals surface area contributed by atoms with Crippen molar-refractivity contribution in [2.75, 3.05) is 26.2 Å². The van der Waals surface area contributed by atoms with Crippen LogP contribution < -0.4 is 5.32 Å². The lowest BCUT2D eigenvalue weighted by Crippen LogP contribution is -2.39. The molecule has 7 nitrogen and oxygen atoms in total. The van der Waals surface area contributed by atoms with Gasteiger partial charge in [-0.3, -0.25) is 19.4 Å². The van der Waals surface area contributed by atoms with Crippen molar-refractivity contribution in [2.45, 2.75) is 64.7 Å². The lowest BCUT2D eigenvalue weighted by molar-refractivity contribution is -0.116. The Bertz CT molecular complexity index is 1560. The summed E-state index contributed by atoms with van der Waals surface area (Å²) in [6, 6.07) is 7.90. The first-order valence-corrected chi connectivity index (χ1v) is 15.2. The number of piperidine rings is 1. The molecule has 0 bridgehead atoms. The molecule has 1 amide bonds. The average molecular weight is 566 g/mol. The van der Waals surface area contributed by atoms with E-state index in [1.54, 1.807) is 24.5 Å². The predicted octanol–water partition coefficient (Wildman–Crippen LogP) is 5.73. The van der Waals surface area contributed by atoms with E-state index in [9.17, 15) is 14.4 Å². The third-order valence-corrected chi connectivity index (χ3v) is 9.44. The van der Waals surface area contributed by atoms with Gasteiger partial charge in [-0.25, -0.2) is 0 Å². The van der Waals surface area contributed by atoms with E-state index in [1.165, 1.54) is 5.56 Å². The van der Waals surface area contributed by atoms with Crippen LogP contribution in [0.5, 0.6) is 0 Å². The molecule has 1 N–H and O–H groups in total. The van der Waals surface area contributed by atoms with E-state index in [0.29, 0.717) is 29.3 Å². The minimum Gasteiger partial charge on any atom is -0.460 e. The van der Waals surface area contributed by atoms with Crippen molar-refractivity contribution in [1.82, 2.24) is 15.2 Å². The molecule has 3 aliphatic rings. The highest BCUT2D eigenvalue weighted by molar-refractivity contribution is 6.53. The second-order valence-electron chi connectivity index (χ2n) is 12.7. The van der Waals surface area contributed by atoms with E-state index < -0.39 is 5.78 Å². The summed E-state index contributed by atoms with van der Waals surface area (Å²) in [5.74, 6) is 0.950. The number of carbonyl (C=O) groups is 3. The van der Waals surface area contributed by atoms with Crippen LogP contribution in [0.25, 0.3) is 17.4 Å². The third kappa shape index (κ3) is 5.38. The Kier molecular flexibility index (Phi) is 7.71. The van der Waals surface area contributed by atoms with E-state index in [0.717, 1.165) is 86.2 Å². The maximum absolute atomic E-state index is 13.5. The van der Waals surface area contributed by atoms with E-state index in [1.807, 2.05) is 25.1 Å². The molecular formula is C35H39N3O4. The van der Waals surface area contributed by atoms with Crippen molar-refractivity contribution >= 4 is 23.5 Å². The SMILES string of the molecule is Cc1c(CC2CCN(CCNC(=O)/C=C/c3cccnc3)CC2)oc2c1C(=O)C(=O)c1c-2ccc2c1CCCC2(C)C. The lowest BCUT2D eigenvalue weighted by atomic mass is 9.69. The van der Waals surface area contributed by atoms with Crippen molar-refractivity contribution in [2.24, 2.45) is 5.92 Å². The summed E-state index contributed by atoms with van der Waals surface area (Å²) < 4.78 is 6.46. The number of nitrogens with one attached hydrogen (secondary N) is 1. The van der Waals surface area contributed by atoms with E-state index >= 15 is 0 Å². The molecule has 218 valence electrons. The predicted molar refractivity (Wildman–Crippen MR) is 163 cm³/mol. The quantitative estimate of drug-likeness (QED) is 0.291. The largest absolute Gasteiger partial charge is 0.460 e. The molecule has 2 aromatic heterocycles. The van der Waals surface area contributed by atoms with Crippen LogP contribution in [0.3, 0.4) is 0 Å². The number of pyridine rings is 1. The average Bonchev–Trinajstić information content (AvgIpc) is 3.31. The minimum atomic E-state index is -0.422. The molecule has 0 atom stereocenters. The number of nitrogens with zero attached hydrogens (tertiary/aromatic N) is 2. The number of likely N-dealkylation sites (tertiary alicyclic amines) is 1. The van der Waals surface area contributed by atoms with Gasteiger partial charge in [-0.2, -0.15) is 0 Å². The zero-order valence-electron chi connectivity index (χ0n) is 24.8. The Hall–Kier alpha value is -3.84. The van der Waals surface area contributed by atoms with Crippen LogP contribution in [0, 0.1) is 12.8 Å². The Morgan fingerprint density at radius 2 is 1.93 bits per heavy atom. The van der Waals surface area contributed by atoms with Crippen molar-refractivity contribution in [3.05, 3.63) is 81.9 Å². The van der Waals surface area contributed by atoms with Gasteiger partial charge < -0.3 is 14.6 Å². The van der Waals surface area contributed by atoms with Crippen LogP contribution in [0.15, 0.2) is 47.2 Å². The lowest BCUT2D eigenvalue weighted by Gasteiger charge is -2.34. The summed E-state index contributed by atoms with van der Waals surface area (Å²) >= 11 is 0. The summed E-state index contributed by atoms with van der Waals surface area (Å²) in [4.78, 5) is 45.4. The molecule has 0 saturated carbocycles. The highest BCUT2D eigenvalue weighted by atomic mass is 16.3. The molecule has 1 saturated heterocycles. The number of carbonyl (C=O) groups excluding carboxylic acids is 3. The van der Waals surface area contributed by atoms with Gasteiger partial charge in [0.25, 0.3) is 0 Å². The molecule has 6 rings (SSSR count). The van der Waals surface area contributed by atoms with Gasteiger partial charge >= 0.3 is 0 Å². The zero-order valence-corrected chi connectivity index (χ0v) is 24.8. The van der Waals surface area contributed by atoms with Crippen molar-refractivity contribution in [1.29, 1.82) is 0 Å². The number of benzene rings is 1. The van der Waals surface area contributed by atoms with E-state index in [2.05, 4.69) is 35.1 Å².